The zero-order valence-electron chi connectivity index (χ0n) is 19.0. The van der Waals surface area contributed by atoms with Gasteiger partial charge in [0.05, 0.1) is 5.92 Å². The van der Waals surface area contributed by atoms with Crippen LogP contribution in [-0.4, -0.2) is 64.2 Å². The van der Waals surface area contributed by atoms with E-state index in [1.807, 2.05) is 54.4 Å². The van der Waals surface area contributed by atoms with Crippen LogP contribution in [0.2, 0.25) is 0 Å². The van der Waals surface area contributed by atoms with Gasteiger partial charge in [0.2, 0.25) is 5.91 Å². The highest BCUT2D eigenvalue weighted by atomic mass is 16.5. The molecule has 3 rings (SSSR count). The topological polar surface area (TPSA) is 56.8 Å². The van der Waals surface area contributed by atoms with Gasteiger partial charge < -0.3 is 25.2 Å². The van der Waals surface area contributed by atoms with E-state index in [9.17, 15) is 4.79 Å². The van der Waals surface area contributed by atoms with Crippen LogP contribution < -0.4 is 20.3 Å². The van der Waals surface area contributed by atoms with Crippen molar-refractivity contribution in [1.82, 2.24) is 15.5 Å². The Morgan fingerprint density at radius 1 is 1.13 bits per heavy atom. The molecule has 6 nitrogen and oxygen atoms in total. The Hall–Kier alpha value is -2.41. The predicted molar refractivity (Wildman–Crippen MR) is 127 cm³/mol. The molecule has 1 aliphatic rings. The monoisotopic (exact) mass is 424 g/mol. The summed E-state index contributed by atoms with van der Waals surface area (Å²) in [5.74, 6) is 0.915. The summed E-state index contributed by atoms with van der Waals surface area (Å²) in [7, 11) is 4.04. The maximum atomic E-state index is 13.3. The van der Waals surface area contributed by atoms with E-state index < -0.39 is 0 Å². The molecule has 0 bridgehead atoms. The van der Waals surface area contributed by atoms with Gasteiger partial charge in [-0.05, 0) is 44.9 Å². The van der Waals surface area contributed by atoms with E-state index in [1.165, 1.54) is 0 Å². The van der Waals surface area contributed by atoms with Crippen LogP contribution in [0.1, 0.15) is 25.0 Å². The number of hydrogen-bond donors (Lipinski definition) is 2. The maximum Gasteiger partial charge on any atom is 0.232 e. The number of hydrogen-bond acceptors (Lipinski definition) is 5. The van der Waals surface area contributed by atoms with Crippen molar-refractivity contribution in [3.63, 3.8) is 0 Å². The van der Waals surface area contributed by atoms with Crippen LogP contribution in [0.25, 0.3) is 0 Å². The van der Waals surface area contributed by atoms with Crippen LogP contribution in [0.15, 0.2) is 54.6 Å². The summed E-state index contributed by atoms with van der Waals surface area (Å²) in [6.45, 7) is 6.82. The number of carbonyl (C=O) groups excluding carboxylic acids is 1. The number of nitrogens with zero attached hydrogens (tertiary/aromatic N) is 2. The highest BCUT2D eigenvalue weighted by Crippen LogP contribution is 2.29. The molecule has 2 atom stereocenters. The highest BCUT2D eigenvalue weighted by molar-refractivity contribution is 5.95. The van der Waals surface area contributed by atoms with Crippen LogP contribution in [-0.2, 0) is 4.79 Å². The third-order valence-corrected chi connectivity index (χ3v) is 5.73. The second-order valence-electron chi connectivity index (χ2n) is 8.16. The molecule has 0 spiro atoms. The summed E-state index contributed by atoms with van der Waals surface area (Å²) in [5, 5.41) is 6.55. The number of nitrogens with one attached hydrogen (secondary N) is 2. The van der Waals surface area contributed by atoms with E-state index in [4.69, 9.17) is 4.74 Å². The first-order chi connectivity index (χ1) is 15.1. The molecular weight excluding hydrogens is 388 g/mol. The molecule has 1 saturated heterocycles. The highest BCUT2D eigenvalue weighted by Gasteiger charge is 2.30. The second-order valence-corrected chi connectivity index (χ2v) is 8.16. The smallest absolute Gasteiger partial charge is 0.232 e. The Balaban J connectivity index is 1.79. The first-order valence-electron chi connectivity index (χ1n) is 11.3. The SMILES string of the molecule is CCNC[C@@H]1CN(C)CCN(c2cccc(O[C@@H](CCNC)c3ccccc3)c2)C1=O. The molecule has 31 heavy (non-hydrogen) atoms. The van der Waals surface area contributed by atoms with E-state index in [0.29, 0.717) is 13.1 Å². The van der Waals surface area contributed by atoms with Crippen LogP contribution in [0.5, 0.6) is 5.75 Å². The Kier molecular flexibility index (Phi) is 8.88. The third-order valence-electron chi connectivity index (χ3n) is 5.73. The van der Waals surface area contributed by atoms with Crippen molar-refractivity contribution in [3.8, 4) is 5.75 Å². The number of rotatable bonds is 10. The maximum absolute atomic E-state index is 13.3. The van der Waals surface area contributed by atoms with Crippen LogP contribution in [0.3, 0.4) is 0 Å². The fourth-order valence-corrected chi connectivity index (χ4v) is 4.00. The van der Waals surface area contributed by atoms with Gasteiger partial charge in [-0.3, -0.25) is 4.79 Å². The van der Waals surface area contributed by atoms with Crippen molar-refractivity contribution in [3.05, 3.63) is 60.2 Å². The Morgan fingerprint density at radius 3 is 2.68 bits per heavy atom. The lowest BCUT2D eigenvalue weighted by Crippen LogP contribution is -2.41. The largest absolute Gasteiger partial charge is 0.486 e. The summed E-state index contributed by atoms with van der Waals surface area (Å²) in [6, 6.07) is 18.3. The summed E-state index contributed by atoms with van der Waals surface area (Å²) < 4.78 is 6.41. The first kappa shape index (κ1) is 23.3. The Labute approximate surface area is 186 Å². The van der Waals surface area contributed by atoms with Gasteiger partial charge in [-0.15, -0.1) is 0 Å². The molecule has 2 aromatic rings. The molecule has 0 radical (unpaired) electrons. The van der Waals surface area contributed by atoms with E-state index in [0.717, 1.165) is 49.6 Å². The molecule has 168 valence electrons. The molecule has 2 N–H and O–H groups in total. The minimum absolute atomic E-state index is 0.0450. The number of amides is 1. The Morgan fingerprint density at radius 2 is 1.94 bits per heavy atom. The second kappa shape index (κ2) is 11.8. The molecule has 1 amide bonds. The lowest BCUT2D eigenvalue weighted by molar-refractivity contribution is -0.122. The minimum Gasteiger partial charge on any atom is -0.486 e. The molecule has 0 aliphatic carbocycles. The zero-order valence-corrected chi connectivity index (χ0v) is 19.0. The normalized spacial score (nSPS) is 18.6. The van der Waals surface area contributed by atoms with Crippen LogP contribution in [0, 0.1) is 5.92 Å². The number of anilines is 1. The fourth-order valence-electron chi connectivity index (χ4n) is 4.00. The summed E-state index contributed by atoms with van der Waals surface area (Å²) in [5.41, 5.74) is 2.06. The predicted octanol–water partition coefficient (Wildman–Crippen LogP) is 2.92. The average Bonchev–Trinajstić information content (AvgIpc) is 2.94. The molecule has 0 unspecified atom stereocenters. The van der Waals surface area contributed by atoms with Crippen molar-refractivity contribution < 1.29 is 9.53 Å². The van der Waals surface area contributed by atoms with Gasteiger partial charge in [-0.2, -0.15) is 0 Å². The van der Waals surface area contributed by atoms with Gasteiger partial charge in [0.15, 0.2) is 0 Å². The molecule has 1 aliphatic heterocycles. The van der Waals surface area contributed by atoms with Crippen molar-refractivity contribution in [2.45, 2.75) is 19.4 Å². The van der Waals surface area contributed by atoms with E-state index in [2.05, 4.69) is 41.6 Å². The molecule has 0 saturated carbocycles. The number of benzene rings is 2. The van der Waals surface area contributed by atoms with Crippen molar-refractivity contribution in [2.75, 3.05) is 58.3 Å². The van der Waals surface area contributed by atoms with Crippen LogP contribution >= 0.6 is 0 Å². The van der Waals surface area contributed by atoms with Crippen molar-refractivity contribution in [2.24, 2.45) is 5.92 Å². The van der Waals surface area contributed by atoms with Crippen molar-refractivity contribution in [1.29, 1.82) is 0 Å². The quantitative estimate of drug-likeness (QED) is 0.614. The lowest BCUT2D eigenvalue weighted by Gasteiger charge is -2.25. The minimum atomic E-state index is -0.0512. The van der Waals surface area contributed by atoms with Gasteiger partial charge in [0, 0.05) is 44.4 Å². The lowest BCUT2D eigenvalue weighted by atomic mass is 10.1. The first-order valence-corrected chi connectivity index (χ1v) is 11.3. The average molecular weight is 425 g/mol. The molecule has 6 heteroatoms. The van der Waals surface area contributed by atoms with Gasteiger partial charge in [0.25, 0.3) is 0 Å². The summed E-state index contributed by atoms with van der Waals surface area (Å²) >= 11 is 0. The van der Waals surface area contributed by atoms with Gasteiger partial charge in [-0.25, -0.2) is 0 Å². The van der Waals surface area contributed by atoms with Crippen molar-refractivity contribution >= 4 is 11.6 Å². The molecule has 1 heterocycles. The number of carbonyl (C=O) groups is 1. The van der Waals surface area contributed by atoms with Crippen LogP contribution in [0.4, 0.5) is 5.69 Å². The third kappa shape index (κ3) is 6.53. The molecule has 1 fully saturated rings. The Bertz CT molecular complexity index is 814. The number of likely N-dealkylation sites (N-methyl/N-ethyl adjacent to an activating group) is 1. The summed E-state index contributed by atoms with van der Waals surface area (Å²) in [4.78, 5) is 17.5. The zero-order chi connectivity index (χ0) is 22.1. The van der Waals surface area contributed by atoms with E-state index in [-0.39, 0.29) is 17.9 Å². The van der Waals surface area contributed by atoms with Gasteiger partial charge in [0.1, 0.15) is 11.9 Å². The van der Waals surface area contributed by atoms with Gasteiger partial charge >= 0.3 is 0 Å². The molecular formula is C25H36N4O2. The van der Waals surface area contributed by atoms with Gasteiger partial charge in [-0.1, -0.05) is 43.3 Å². The molecule has 2 aromatic carbocycles. The standard InChI is InChI=1S/C25H36N4O2/c1-4-27-18-21-19-28(3)15-16-29(25(21)30)22-11-8-12-23(17-22)31-24(13-14-26-2)20-9-6-5-7-10-20/h5-12,17,21,24,26-27H,4,13-16,18-19H2,1-3H3/t21-,24+/m1/s1. The number of ether oxygens (including phenoxy) is 1. The van der Waals surface area contributed by atoms with E-state index in [1.54, 1.807) is 0 Å². The molecule has 0 aromatic heterocycles. The fraction of sp³-hybridized carbons (Fsp3) is 0.480. The summed E-state index contributed by atoms with van der Waals surface area (Å²) in [6.07, 6.45) is 0.819. The van der Waals surface area contributed by atoms with E-state index >= 15 is 0 Å².